The van der Waals surface area contributed by atoms with Crippen LogP contribution in [0.3, 0.4) is 0 Å². The van der Waals surface area contributed by atoms with E-state index in [0.29, 0.717) is 16.6 Å². The number of rotatable bonds is 3. The molecule has 0 atom stereocenters. The second-order valence-corrected chi connectivity index (χ2v) is 6.25. The lowest BCUT2D eigenvalue weighted by Crippen LogP contribution is -1.86. The first-order chi connectivity index (χ1) is 8.31. The molecule has 0 spiro atoms. The van der Waals surface area contributed by atoms with E-state index in [2.05, 4.69) is 15.2 Å². The summed E-state index contributed by atoms with van der Waals surface area (Å²) in [6.45, 7) is 0. The van der Waals surface area contributed by atoms with Crippen LogP contribution in [-0.4, -0.2) is 20.2 Å². The van der Waals surface area contributed by atoms with Gasteiger partial charge in [0, 0.05) is 11.8 Å². The number of hydrogen-bond acceptors (Lipinski definition) is 4. The zero-order valence-electron chi connectivity index (χ0n) is 9.19. The van der Waals surface area contributed by atoms with Gasteiger partial charge in [-0.05, 0) is 37.9 Å². The van der Waals surface area contributed by atoms with Crippen molar-refractivity contribution >= 4 is 23.6 Å². The van der Waals surface area contributed by atoms with Crippen molar-refractivity contribution in [1.29, 1.82) is 0 Å². The summed E-state index contributed by atoms with van der Waals surface area (Å²) >= 11 is 6.81. The Morgan fingerprint density at radius 2 is 1.82 bits per heavy atom. The molecular weight excluding hydrogens is 252 g/mol. The Hall–Kier alpha value is -1.01. The summed E-state index contributed by atoms with van der Waals surface area (Å²) in [5.74, 6) is 2.24. The molecule has 2 fully saturated rings. The van der Waals surface area contributed by atoms with Crippen molar-refractivity contribution in [2.75, 3.05) is 0 Å². The molecule has 0 unspecified atom stereocenters. The van der Waals surface area contributed by atoms with Gasteiger partial charge in [0.25, 0.3) is 0 Å². The molecular formula is C11H12N4S2. The van der Waals surface area contributed by atoms with Crippen molar-refractivity contribution in [2.24, 2.45) is 0 Å². The van der Waals surface area contributed by atoms with Crippen LogP contribution in [0.1, 0.15) is 48.2 Å². The number of thiazole rings is 1. The van der Waals surface area contributed by atoms with E-state index in [1.165, 1.54) is 41.3 Å². The Labute approximate surface area is 108 Å². The summed E-state index contributed by atoms with van der Waals surface area (Å²) < 4.78 is 0.517. The molecule has 0 bridgehead atoms. The number of aromatic amines is 2. The highest BCUT2D eigenvalue weighted by atomic mass is 32.1. The molecule has 17 heavy (non-hydrogen) atoms. The molecule has 4 nitrogen and oxygen atoms in total. The van der Waals surface area contributed by atoms with Gasteiger partial charge in [0.2, 0.25) is 4.77 Å². The second-order valence-electron chi connectivity index (χ2n) is 4.83. The minimum atomic E-state index is 0.517. The lowest BCUT2D eigenvalue weighted by molar-refractivity contribution is 0.985. The van der Waals surface area contributed by atoms with Gasteiger partial charge in [-0.25, -0.2) is 4.98 Å². The maximum atomic E-state index is 5.01. The van der Waals surface area contributed by atoms with E-state index in [9.17, 15) is 0 Å². The van der Waals surface area contributed by atoms with Gasteiger partial charge in [-0.15, -0.1) is 11.3 Å². The summed E-state index contributed by atoms with van der Waals surface area (Å²) in [5.41, 5.74) is 1.25. The van der Waals surface area contributed by atoms with Gasteiger partial charge in [0.05, 0.1) is 15.6 Å². The van der Waals surface area contributed by atoms with Gasteiger partial charge in [0.1, 0.15) is 0 Å². The van der Waals surface area contributed by atoms with Crippen LogP contribution in [0.25, 0.3) is 10.7 Å². The van der Waals surface area contributed by atoms with Crippen LogP contribution in [0.4, 0.5) is 0 Å². The molecule has 2 saturated carbocycles. The molecule has 2 heterocycles. The quantitative estimate of drug-likeness (QED) is 0.836. The fraction of sp³-hybridized carbons (Fsp3) is 0.545. The molecule has 0 aliphatic heterocycles. The highest BCUT2D eigenvalue weighted by molar-refractivity contribution is 7.71. The zero-order chi connectivity index (χ0) is 11.4. The summed E-state index contributed by atoms with van der Waals surface area (Å²) in [6, 6.07) is 0. The van der Waals surface area contributed by atoms with E-state index in [1.54, 1.807) is 11.3 Å². The number of hydrogen-bond donors (Lipinski definition) is 2. The molecule has 2 aliphatic rings. The fourth-order valence-corrected chi connectivity index (χ4v) is 3.44. The largest absolute Gasteiger partial charge is 0.281 e. The highest BCUT2D eigenvalue weighted by Gasteiger charge is 2.34. The fourth-order valence-electron chi connectivity index (χ4n) is 2.03. The average Bonchev–Trinajstić information content (AvgIpc) is 3.24. The molecule has 2 aromatic heterocycles. The number of H-pyrrole nitrogens is 2. The smallest absolute Gasteiger partial charge is 0.213 e. The molecule has 88 valence electrons. The summed E-state index contributed by atoms with van der Waals surface area (Å²) in [5, 5.41) is 7.21. The number of nitrogens with one attached hydrogen (secondary N) is 2. The first-order valence-electron chi connectivity index (χ1n) is 5.97. The van der Waals surface area contributed by atoms with Crippen molar-refractivity contribution in [1.82, 2.24) is 20.2 Å². The normalized spacial score (nSPS) is 19.8. The van der Waals surface area contributed by atoms with E-state index in [-0.39, 0.29) is 0 Å². The maximum absolute atomic E-state index is 5.01. The van der Waals surface area contributed by atoms with Crippen LogP contribution in [-0.2, 0) is 0 Å². The molecule has 2 N–H and O–H groups in total. The Kier molecular flexibility index (Phi) is 2.05. The predicted molar refractivity (Wildman–Crippen MR) is 68.8 cm³/mol. The van der Waals surface area contributed by atoms with E-state index >= 15 is 0 Å². The SMILES string of the molecule is S=c1nc(-c2sc(C3CC3)nc2C2CC2)[nH][nH]1. The third kappa shape index (κ3) is 1.75. The number of aromatic nitrogens is 4. The summed E-state index contributed by atoms with van der Waals surface area (Å²) in [7, 11) is 0. The lowest BCUT2D eigenvalue weighted by Gasteiger charge is -1.94. The first kappa shape index (κ1) is 9.96. The van der Waals surface area contributed by atoms with Crippen molar-refractivity contribution in [3.05, 3.63) is 15.5 Å². The van der Waals surface area contributed by atoms with Crippen LogP contribution >= 0.6 is 23.6 Å². The van der Waals surface area contributed by atoms with Crippen LogP contribution in [0.2, 0.25) is 0 Å². The summed E-state index contributed by atoms with van der Waals surface area (Å²) in [4.78, 5) is 10.3. The standard InChI is InChI=1S/C11H12N4S2/c16-11-13-9(14-15-11)8-7(5-1-2-5)12-10(17-8)6-3-4-6/h5-6H,1-4H2,(H2,13,14,15,16). The van der Waals surface area contributed by atoms with Gasteiger partial charge in [-0.3, -0.25) is 10.2 Å². The van der Waals surface area contributed by atoms with Crippen LogP contribution < -0.4 is 0 Å². The maximum Gasteiger partial charge on any atom is 0.213 e. The van der Waals surface area contributed by atoms with Gasteiger partial charge >= 0.3 is 0 Å². The topological polar surface area (TPSA) is 57.4 Å². The van der Waals surface area contributed by atoms with Crippen LogP contribution in [0, 0.1) is 4.77 Å². The van der Waals surface area contributed by atoms with Gasteiger partial charge in [-0.1, -0.05) is 0 Å². The Morgan fingerprint density at radius 3 is 2.41 bits per heavy atom. The second kappa shape index (κ2) is 3.49. The van der Waals surface area contributed by atoms with Gasteiger partial charge in [0.15, 0.2) is 5.82 Å². The third-order valence-corrected chi connectivity index (χ3v) is 4.71. The van der Waals surface area contributed by atoms with Gasteiger partial charge in [-0.2, -0.15) is 4.98 Å². The van der Waals surface area contributed by atoms with Crippen molar-refractivity contribution in [2.45, 2.75) is 37.5 Å². The molecule has 0 radical (unpaired) electrons. The first-order valence-corrected chi connectivity index (χ1v) is 7.19. The lowest BCUT2D eigenvalue weighted by atomic mass is 10.2. The predicted octanol–water partition coefficient (Wildman–Crippen LogP) is 3.35. The average molecular weight is 264 g/mol. The Morgan fingerprint density at radius 1 is 1.06 bits per heavy atom. The van der Waals surface area contributed by atoms with Crippen molar-refractivity contribution < 1.29 is 0 Å². The van der Waals surface area contributed by atoms with Crippen molar-refractivity contribution in [3.63, 3.8) is 0 Å². The Balaban J connectivity index is 1.83. The Bertz CT molecular complexity index is 615. The molecule has 0 aromatic carbocycles. The minimum absolute atomic E-state index is 0.517. The minimum Gasteiger partial charge on any atom is -0.281 e. The van der Waals surface area contributed by atoms with Crippen LogP contribution in [0.5, 0.6) is 0 Å². The monoisotopic (exact) mass is 264 g/mol. The molecule has 0 amide bonds. The van der Waals surface area contributed by atoms with E-state index in [1.807, 2.05) is 0 Å². The number of nitrogens with zero attached hydrogens (tertiary/aromatic N) is 2. The van der Waals surface area contributed by atoms with E-state index in [4.69, 9.17) is 17.2 Å². The third-order valence-electron chi connectivity index (χ3n) is 3.28. The van der Waals surface area contributed by atoms with Crippen LogP contribution in [0.15, 0.2) is 0 Å². The molecule has 6 heteroatoms. The molecule has 4 rings (SSSR count). The molecule has 0 saturated heterocycles. The zero-order valence-corrected chi connectivity index (χ0v) is 10.8. The molecule has 2 aliphatic carbocycles. The van der Waals surface area contributed by atoms with E-state index in [0.717, 1.165) is 5.82 Å². The molecule has 2 aromatic rings. The summed E-state index contributed by atoms with van der Waals surface area (Å²) in [6.07, 6.45) is 5.14. The van der Waals surface area contributed by atoms with Gasteiger partial charge < -0.3 is 0 Å². The highest BCUT2D eigenvalue weighted by Crippen LogP contribution is 2.49. The van der Waals surface area contributed by atoms with Crippen molar-refractivity contribution in [3.8, 4) is 10.7 Å². The van der Waals surface area contributed by atoms with E-state index < -0.39 is 0 Å².